The molecule has 0 aliphatic carbocycles. The monoisotopic (exact) mass is 342 g/mol. The van der Waals surface area contributed by atoms with Gasteiger partial charge in [0.05, 0.1) is 6.61 Å². The summed E-state index contributed by atoms with van der Waals surface area (Å²) in [5.41, 5.74) is 2.45. The SMILES string of the molecule is Cc1cccc(NC(=O)[C@@H]2COCC(=O)N2Cc2ccc(F)cc2)c1. The minimum Gasteiger partial charge on any atom is -0.369 e. The second-order valence-electron chi connectivity index (χ2n) is 6.04. The lowest BCUT2D eigenvalue weighted by Crippen LogP contribution is -2.54. The van der Waals surface area contributed by atoms with Crippen molar-refractivity contribution < 1.29 is 18.7 Å². The summed E-state index contributed by atoms with van der Waals surface area (Å²) in [5.74, 6) is -0.911. The molecule has 1 heterocycles. The fourth-order valence-electron chi connectivity index (χ4n) is 2.76. The smallest absolute Gasteiger partial charge is 0.249 e. The minimum absolute atomic E-state index is 0.0601. The van der Waals surface area contributed by atoms with Gasteiger partial charge in [0.1, 0.15) is 18.5 Å². The highest BCUT2D eigenvalue weighted by Crippen LogP contribution is 2.17. The number of rotatable bonds is 4. The van der Waals surface area contributed by atoms with Crippen LogP contribution in [0.25, 0.3) is 0 Å². The molecule has 0 saturated carbocycles. The van der Waals surface area contributed by atoms with Gasteiger partial charge < -0.3 is 15.0 Å². The maximum Gasteiger partial charge on any atom is 0.249 e. The van der Waals surface area contributed by atoms with E-state index in [0.717, 1.165) is 11.1 Å². The van der Waals surface area contributed by atoms with E-state index >= 15 is 0 Å². The molecule has 1 saturated heterocycles. The molecule has 0 unspecified atom stereocenters. The first-order chi connectivity index (χ1) is 12.0. The van der Waals surface area contributed by atoms with Crippen molar-refractivity contribution in [3.63, 3.8) is 0 Å². The van der Waals surface area contributed by atoms with Crippen molar-refractivity contribution in [1.82, 2.24) is 4.90 Å². The number of ether oxygens (including phenoxy) is 1. The zero-order chi connectivity index (χ0) is 17.8. The van der Waals surface area contributed by atoms with Crippen molar-refractivity contribution in [3.8, 4) is 0 Å². The van der Waals surface area contributed by atoms with Gasteiger partial charge in [-0.1, -0.05) is 24.3 Å². The van der Waals surface area contributed by atoms with Crippen LogP contribution in [0.5, 0.6) is 0 Å². The standard InChI is InChI=1S/C19H19FN2O3/c1-13-3-2-4-16(9-13)21-19(24)17-11-25-12-18(23)22(17)10-14-5-7-15(20)8-6-14/h2-9,17H,10-12H2,1H3,(H,21,24)/t17-/m0/s1. The number of carbonyl (C=O) groups excluding carboxylic acids is 2. The van der Waals surface area contributed by atoms with E-state index in [9.17, 15) is 14.0 Å². The molecular formula is C19H19FN2O3. The van der Waals surface area contributed by atoms with Gasteiger partial charge in [0, 0.05) is 12.2 Å². The normalized spacial score (nSPS) is 17.4. The van der Waals surface area contributed by atoms with Crippen LogP contribution in [-0.2, 0) is 20.9 Å². The van der Waals surface area contributed by atoms with Gasteiger partial charge in [0.25, 0.3) is 0 Å². The van der Waals surface area contributed by atoms with Crippen LogP contribution in [0.3, 0.4) is 0 Å². The van der Waals surface area contributed by atoms with E-state index in [-0.39, 0.29) is 37.4 Å². The van der Waals surface area contributed by atoms with E-state index < -0.39 is 6.04 Å². The van der Waals surface area contributed by atoms with Gasteiger partial charge in [-0.05, 0) is 42.3 Å². The Kier molecular flexibility index (Phi) is 5.09. The van der Waals surface area contributed by atoms with Gasteiger partial charge in [-0.3, -0.25) is 9.59 Å². The highest BCUT2D eigenvalue weighted by molar-refractivity contribution is 5.98. The van der Waals surface area contributed by atoms with Crippen LogP contribution in [-0.4, -0.2) is 36.0 Å². The van der Waals surface area contributed by atoms with Gasteiger partial charge in [0.2, 0.25) is 11.8 Å². The van der Waals surface area contributed by atoms with Crippen molar-refractivity contribution in [2.24, 2.45) is 0 Å². The lowest BCUT2D eigenvalue weighted by Gasteiger charge is -2.34. The maximum atomic E-state index is 13.1. The third-order valence-electron chi connectivity index (χ3n) is 4.05. The first-order valence-electron chi connectivity index (χ1n) is 8.02. The molecule has 130 valence electrons. The van der Waals surface area contributed by atoms with Gasteiger partial charge >= 0.3 is 0 Å². The largest absolute Gasteiger partial charge is 0.369 e. The quantitative estimate of drug-likeness (QED) is 0.929. The highest BCUT2D eigenvalue weighted by Gasteiger charge is 2.34. The van der Waals surface area contributed by atoms with Crippen LogP contribution in [0.1, 0.15) is 11.1 Å². The van der Waals surface area contributed by atoms with Gasteiger partial charge in [0.15, 0.2) is 0 Å². The Morgan fingerprint density at radius 2 is 2.04 bits per heavy atom. The summed E-state index contributed by atoms with van der Waals surface area (Å²) in [6.07, 6.45) is 0. The number of aryl methyl sites for hydroxylation is 1. The maximum absolute atomic E-state index is 13.1. The second-order valence-corrected chi connectivity index (χ2v) is 6.04. The lowest BCUT2D eigenvalue weighted by atomic mass is 10.1. The van der Waals surface area contributed by atoms with Gasteiger partial charge in [-0.15, -0.1) is 0 Å². The van der Waals surface area contributed by atoms with Gasteiger partial charge in [-0.2, -0.15) is 0 Å². The molecule has 0 aromatic heterocycles. The molecule has 2 aromatic rings. The average molecular weight is 342 g/mol. The molecule has 1 aliphatic rings. The number of morpholine rings is 1. The van der Waals surface area contributed by atoms with E-state index in [1.54, 1.807) is 18.2 Å². The second kappa shape index (κ2) is 7.44. The molecule has 0 radical (unpaired) electrons. The number of halogens is 1. The zero-order valence-electron chi connectivity index (χ0n) is 13.9. The predicted octanol–water partition coefficient (Wildman–Crippen LogP) is 2.50. The summed E-state index contributed by atoms with van der Waals surface area (Å²) >= 11 is 0. The van der Waals surface area contributed by atoms with Crippen molar-refractivity contribution in [1.29, 1.82) is 0 Å². The number of carbonyl (C=O) groups is 2. The first-order valence-corrected chi connectivity index (χ1v) is 8.02. The van der Waals surface area contributed by atoms with Crippen LogP contribution >= 0.6 is 0 Å². The number of hydrogen-bond donors (Lipinski definition) is 1. The minimum atomic E-state index is -0.730. The number of amides is 2. The Morgan fingerprint density at radius 3 is 2.76 bits per heavy atom. The molecule has 1 aliphatic heterocycles. The summed E-state index contributed by atoms with van der Waals surface area (Å²) in [6.45, 7) is 2.23. The van der Waals surface area contributed by atoms with Crippen LogP contribution in [0, 0.1) is 12.7 Å². The van der Waals surface area contributed by atoms with E-state index in [4.69, 9.17) is 4.74 Å². The fraction of sp³-hybridized carbons (Fsp3) is 0.263. The topological polar surface area (TPSA) is 58.6 Å². The Morgan fingerprint density at radius 1 is 1.28 bits per heavy atom. The Hall–Kier alpha value is -2.73. The molecule has 6 heteroatoms. The molecule has 25 heavy (non-hydrogen) atoms. The highest BCUT2D eigenvalue weighted by atomic mass is 19.1. The molecule has 2 aromatic carbocycles. The molecule has 0 bridgehead atoms. The Labute approximate surface area is 145 Å². The van der Waals surface area contributed by atoms with Crippen LogP contribution in [0.2, 0.25) is 0 Å². The van der Waals surface area contributed by atoms with Crippen molar-refractivity contribution in [3.05, 3.63) is 65.5 Å². The first kappa shape index (κ1) is 17.1. The Bertz CT molecular complexity index is 776. The number of benzene rings is 2. The summed E-state index contributed by atoms with van der Waals surface area (Å²) < 4.78 is 18.3. The molecule has 2 amide bonds. The summed E-state index contributed by atoms with van der Waals surface area (Å²) in [4.78, 5) is 26.3. The molecule has 1 fully saturated rings. The van der Waals surface area contributed by atoms with Crippen LogP contribution in [0.4, 0.5) is 10.1 Å². The third-order valence-corrected chi connectivity index (χ3v) is 4.05. The fourth-order valence-corrected chi connectivity index (χ4v) is 2.76. The van der Waals surface area contributed by atoms with Crippen molar-refractivity contribution in [2.75, 3.05) is 18.5 Å². The molecular weight excluding hydrogens is 323 g/mol. The van der Waals surface area contributed by atoms with E-state index in [1.165, 1.54) is 17.0 Å². The number of hydrogen-bond acceptors (Lipinski definition) is 3. The van der Waals surface area contributed by atoms with Crippen LogP contribution < -0.4 is 5.32 Å². The average Bonchev–Trinajstić information content (AvgIpc) is 2.58. The molecule has 0 spiro atoms. The van der Waals surface area contributed by atoms with E-state index in [2.05, 4.69) is 5.32 Å². The van der Waals surface area contributed by atoms with E-state index in [0.29, 0.717) is 5.69 Å². The lowest BCUT2D eigenvalue weighted by molar-refractivity contribution is -0.154. The van der Waals surface area contributed by atoms with E-state index in [1.807, 2.05) is 25.1 Å². The summed E-state index contributed by atoms with van der Waals surface area (Å²) in [5, 5.41) is 2.83. The Balaban J connectivity index is 1.75. The van der Waals surface area contributed by atoms with Crippen LogP contribution in [0.15, 0.2) is 48.5 Å². The van der Waals surface area contributed by atoms with Crippen molar-refractivity contribution >= 4 is 17.5 Å². The number of nitrogens with zero attached hydrogens (tertiary/aromatic N) is 1. The molecule has 5 nitrogen and oxygen atoms in total. The van der Waals surface area contributed by atoms with Crippen molar-refractivity contribution in [2.45, 2.75) is 19.5 Å². The van der Waals surface area contributed by atoms with Gasteiger partial charge in [-0.25, -0.2) is 4.39 Å². The zero-order valence-corrected chi connectivity index (χ0v) is 13.9. The molecule has 3 rings (SSSR count). The molecule has 1 N–H and O–H groups in total. The summed E-state index contributed by atoms with van der Waals surface area (Å²) in [6, 6.07) is 12.6. The summed E-state index contributed by atoms with van der Waals surface area (Å²) in [7, 11) is 0. The predicted molar refractivity (Wildman–Crippen MR) is 91.4 cm³/mol. The third kappa shape index (κ3) is 4.22. The number of nitrogens with one attached hydrogen (secondary N) is 1. The number of anilines is 1. The molecule has 1 atom stereocenters.